The summed E-state index contributed by atoms with van der Waals surface area (Å²) in [7, 11) is 0. The van der Waals surface area contributed by atoms with Crippen molar-refractivity contribution in [2.75, 3.05) is 19.6 Å². The number of hydrogen-bond donors (Lipinski definition) is 1. The first kappa shape index (κ1) is 12.6. The van der Waals surface area contributed by atoms with Crippen molar-refractivity contribution < 1.29 is 14.4 Å². The molecule has 5 nitrogen and oxygen atoms in total. The SMILES string of the molecule is CC(C)C(=O)/C=C/CN1CC(=O)NC(=O)C1. The maximum absolute atomic E-state index is 11.3. The molecule has 0 saturated carbocycles. The molecule has 5 heteroatoms. The molecule has 0 aromatic rings. The van der Waals surface area contributed by atoms with Crippen LogP contribution >= 0.6 is 0 Å². The molecule has 1 rings (SSSR count). The Morgan fingerprint density at radius 2 is 1.94 bits per heavy atom. The minimum atomic E-state index is -0.292. The van der Waals surface area contributed by atoms with Gasteiger partial charge in [0.1, 0.15) is 0 Å². The summed E-state index contributed by atoms with van der Waals surface area (Å²) in [5, 5.41) is 2.22. The Balaban J connectivity index is 2.40. The average molecular weight is 224 g/mol. The molecule has 1 saturated heterocycles. The molecule has 0 atom stereocenters. The second kappa shape index (κ2) is 5.55. The van der Waals surface area contributed by atoms with E-state index >= 15 is 0 Å². The quantitative estimate of drug-likeness (QED) is 0.527. The molecule has 0 radical (unpaired) electrons. The molecule has 1 fully saturated rings. The Hall–Kier alpha value is -1.49. The predicted octanol–water partition coefficient (Wildman–Crippen LogP) is -0.274. The van der Waals surface area contributed by atoms with Crippen molar-refractivity contribution in [1.82, 2.24) is 10.2 Å². The van der Waals surface area contributed by atoms with Crippen molar-refractivity contribution in [3.8, 4) is 0 Å². The van der Waals surface area contributed by atoms with E-state index in [0.717, 1.165) is 0 Å². The van der Waals surface area contributed by atoms with Gasteiger partial charge in [-0.1, -0.05) is 19.9 Å². The van der Waals surface area contributed by atoms with E-state index in [-0.39, 0.29) is 36.6 Å². The second-order valence-electron chi connectivity index (χ2n) is 4.10. The van der Waals surface area contributed by atoms with Gasteiger partial charge in [0.05, 0.1) is 13.1 Å². The fraction of sp³-hybridized carbons (Fsp3) is 0.545. The first-order valence-electron chi connectivity index (χ1n) is 5.24. The number of carbonyl (C=O) groups is 3. The van der Waals surface area contributed by atoms with E-state index in [0.29, 0.717) is 6.54 Å². The minimum Gasteiger partial charge on any atom is -0.295 e. The molecule has 0 unspecified atom stereocenters. The zero-order chi connectivity index (χ0) is 12.1. The summed E-state index contributed by atoms with van der Waals surface area (Å²) in [5.74, 6) is -0.560. The Kier molecular flexibility index (Phi) is 4.37. The molecule has 0 spiro atoms. The maximum atomic E-state index is 11.3. The Bertz CT molecular complexity index is 318. The lowest BCUT2D eigenvalue weighted by molar-refractivity contribution is -0.135. The standard InChI is InChI=1S/C11H16N2O3/c1-8(2)9(14)4-3-5-13-6-10(15)12-11(16)7-13/h3-4,8H,5-7H2,1-2H3,(H,12,15,16)/b4-3+. The summed E-state index contributed by atoms with van der Waals surface area (Å²) in [6.45, 7) is 4.49. The lowest BCUT2D eigenvalue weighted by Gasteiger charge is -2.23. The monoisotopic (exact) mass is 224 g/mol. The molecule has 1 aliphatic rings. The highest BCUT2D eigenvalue weighted by Gasteiger charge is 2.20. The van der Waals surface area contributed by atoms with Crippen LogP contribution in [0.5, 0.6) is 0 Å². The third kappa shape index (κ3) is 3.94. The van der Waals surface area contributed by atoms with E-state index < -0.39 is 0 Å². The van der Waals surface area contributed by atoms with Crippen LogP contribution in [-0.4, -0.2) is 42.1 Å². The third-order valence-electron chi connectivity index (χ3n) is 2.23. The minimum absolute atomic E-state index is 0.0254. The van der Waals surface area contributed by atoms with E-state index in [9.17, 15) is 14.4 Å². The van der Waals surface area contributed by atoms with E-state index in [1.165, 1.54) is 6.08 Å². The van der Waals surface area contributed by atoms with Gasteiger partial charge in [-0.3, -0.25) is 24.6 Å². The number of allylic oxidation sites excluding steroid dienone is 1. The van der Waals surface area contributed by atoms with Crippen LogP contribution in [0.25, 0.3) is 0 Å². The van der Waals surface area contributed by atoms with Crippen LogP contribution in [0.4, 0.5) is 0 Å². The Morgan fingerprint density at radius 1 is 1.38 bits per heavy atom. The molecular weight excluding hydrogens is 208 g/mol. The van der Waals surface area contributed by atoms with Crippen molar-refractivity contribution in [1.29, 1.82) is 0 Å². The van der Waals surface area contributed by atoms with Crippen LogP contribution in [0.15, 0.2) is 12.2 Å². The Labute approximate surface area is 94.5 Å². The summed E-state index contributed by atoms with van der Waals surface area (Å²) >= 11 is 0. The fourth-order valence-corrected chi connectivity index (χ4v) is 1.34. The van der Waals surface area contributed by atoms with E-state index in [1.807, 2.05) is 13.8 Å². The average Bonchev–Trinajstić information content (AvgIpc) is 2.15. The predicted molar refractivity (Wildman–Crippen MR) is 58.6 cm³/mol. The van der Waals surface area contributed by atoms with Crippen LogP contribution in [0.1, 0.15) is 13.8 Å². The number of nitrogens with zero attached hydrogens (tertiary/aromatic N) is 1. The molecule has 0 bridgehead atoms. The second-order valence-corrected chi connectivity index (χ2v) is 4.10. The summed E-state index contributed by atoms with van der Waals surface area (Å²) < 4.78 is 0. The van der Waals surface area contributed by atoms with Gasteiger partial charge < -0.3 is 0 Å². The third-order valence-corrected chi connectivity index (χ3v) is 2.23. The largest absolute Gasteiger partial charge is 0.295 e. The van der Waals surface area contributed by atoms with Gasteiger partial charge in [0.25, 0.3) is 0 Å². The molecule has 2 amide bonds. The van der Waals surface area contributed by atoms with Crippen molar-refractivity contribution >= 4 is 17.6 Å². The summed E-state index contributed by atoms with van der Waals surface area (Å²) in [4.78, 5) is 35.0. The highest BCUT2D eigenvalue weighted by molar-refractivity contribution is 5.99. The highest BCUT2D eigenvalue weighted by Crippen LogP contribution is 1.98. The van der Waals surface area contributed by atoms with Crippen LogP contribution < -0.4 is 5.32 Å². The van der Waals surface area contributed by atoms with Crippen molar-refractivity contribution in [3.05, 3.63) is 12.2 Å². The highest BCUT2D eigenvalue weighted by atomic mass is 16.2. The van der Waals surface area contributed by atoms with Gasteiger partial charge in [-0.15, -0.1) is 0 Å². The van der Waals surface area contributed by atoms with Gasteiger partial charge in [0.2, 0.25) is 11.8 Å². The van der Waals surface area contributed by atoms with Crippen LogP contribution in [0.3, 0.4) is 0 Å². The Morgan fingerprint density at radius 3 is 2.44 bits per heavy atom. The molecule has 1 N–H and O–H groups in total. The van der Waals surface area contributed by atoms with Crippen molar-refractivity contribution in [3.63, 3.8) is 0 Å². The molecule has 16 heavy (non-hydrogen) atoms. The summed E-state index contributed by atoms with van der Waals surface area (Å²) in [5.41, 5.74) is 0. The van der Waals surface area contributed by atoms with Crippen LogP contribution in [-0.2, 0) is 14.4 Å². The number of rotatable bonds is 4. The summed E-state index contributed by atoms with van der Waals surface area (Å²) in [6.07, 6.45) is 3.19. The molecule has 88 valence electrons. The number of imide groups is 1. The first-order valence-corrected chi connectivity index (χ1v) is 5.24. The fourth-order valence-electron chi connectivity index (χ4n) is 1.34. The van der Waals surface area contributed by atoms with Gasteiger partial charge in [-0.2, -0.15) is 0 Å². The normalized spacial score (nSPS) is 18.2. The lowest BCUT2D eigenvalue weighted by Crippen LogP contribution is -2.51. The number of ketones is 1. The van der Waals surface area contributed by atoms with Gasteiger partial charge >= 0.3 is 0 Å². The smallest absolute Gasteiger partial charge is 0.240 e. The number of carbonyl (C=O) groups excluding carboxylic acids is 3. The zero-order valence-electron chi connectivity index (χ0n) is 9.53. The maximum Gasteiger partial charge on any atom is 0.240 e. The zero-order valence-corrected chi connectivity index (χ0v) is 9.53. The van der Waals surface area contributed by atoms with Gasteiger partial charge in [0, 0.05) is 12.5 Å². The number of nitrogens with one attached hydrogen (secondary N) is 1. The van der Waals surface area contributed by atoms with Crippen LogP contribution in [0, 0.1) is 5.92 Å². The van der Waals surface area contributed by atoms with Crippen molar-refractivity contribution in [2.45, 2.75) is 13.8 Å². The van der Waals surface area contributed by atoms with Crippen molar-refractivity contribution in [2.24, 2.45) is 5.92 Å². The number of piperazine rings is 1. The molecule has 1 heterocycles. The van der Waals surface area contributed by atoms with E-state index in [4.69, 9.17) is 0 Å². The number of amides is 2. The molecule has 0 aromatic carbocycles. The van der Waals surface area contributed by atoms with Crippen LogP contribution in [0.2, 0.25) is 0 Å². The van der Waals surface area contributed by atoms with Gasteiger partial charge in [-0.05, 0) is 6.08 Å². The van der Waals surface area contributed by atoms with E-state index in [1.54, 1.807) is 11.0 Å². The molecule has 0 aromatic heterocycles. The first-order chi connectivity index (χ1) is 7.49. The molecular formula is C11H16N2O3. The number of hydrogen-bond acceptors (Lipinski definition) is 4. The molecule has 0 aliphatic carbocycles. The topological polar surface area (TPSA) is 66.5 Å². The lowest BCUT2D eigenvalue weighted by atomic mass is 10.1. The summed E-state index contributed by atoms with van der Waals surface area (Å²) in [6, 6.07) is 0. The van der Waals surface area contributed by atoms with E-state index in [2.05, 4.69) is 5.32 Å². The van der Waals surface area contributed by atoms with Gasteiger partial charge in [0.15, 0.2) is 5.78 Å². The van der Waals surface area contributed by atoms with Gasteiger partial charge in [-0.25, -0.2) is 0 Å². The molecule has 1 aliphatic heterocycles.